The number of allylic oxidation sites excluding steroid dienone is 2. The Morgan fingerprint density at radius 3 is 2.00 bits per heavy atom. The zero-order chi connectivity index (χ0) is 18.6. The molecule has 0 atom stereocenters. The van der Waals surface area contributed by atoms with Crippen LogP contribution >= 0.6 is 0 Å². The number of hydrogen-bond donors (Lipinski definition) is 0. The first-order valence-corrected chi connectivity index (χ1v) is 7.93. The van der Waals surface area contributed by atoms with E-state index in [9.17, 15) is 14.4 Å². The van der Waals surface area contributed by atoms with Crippen LogP contribution in [0.4, 0.5) is 0 Å². The first-order chi connectivity index (χ1) is 11.9. The van der Waals surface area contributed by atoms with E-state index in [4.69, 9.17) is 9.47 Å². The molecule has 0 saturated heterocycles. The summed E-state index contributed by atoms with van der Waals surface area (Å²) in [6, 6.07) is 7.25. The molecule has 25 heavy (non-hydrogen) atoms. The third kappa shape index (κ3) is 3.94. The summed E-state index contributed by atoms with van der Waals surface area (Å²) in [5.74, 6) is -1.34. The number of ketones is 1. The minimum atomic E-state index is -0.594. The van der Waals surface area contributed by atoms with Crippen LogP contribution < -0.4 is 9.47 Å². The van der Waals surface area contributed by atoms with Gasteiger partial charge in [0.15, 0.2) is 17.3 Å². The second-order valence-corrected chi connectivity index (χ2v) is 5.57. The molecule has 0 spiro atoms. The van der Waals surface area contributed by atoms with Gasteiger partial charge in [-0.25, -0.2) is 0 Å². The van der Waals surface area contributed by atoms with Crippen molar-refractivity contribution < 1.29 is 23.9 Å². The zero-order valence-corrected chi connectivity index (χ0v) is 14.7. The number of Topliss-reactive ketones (excluding diaryl/α,β-unsaturated/α-hetero) is 1. The van der Waals surface area contributed by atoms with Crippen LogP contribution in [0.5, 0.6) is 11.5 Å². The Hall–Kier alpha value is -2.95. The standard InChI is InChI=1S/C20H20O5/c1-5-6-9-16-15-10-7-8-11-17(15)19(24-13(3)22)20(25-14(4)23)18(16)12(2)21/h5-8,10-11H,9H2,1-4H3/b6-5+. The average molecular weight is 340 g/mol. The minimum absolute atomic E-state index is 0.00611. The number of carbonyl (C=O) groups is 3. The van der Waals surface area contributed by atoms with Crippen molar-refractivity contribution in [2.75, 3.05) is 0 Å². The summed E-state index contributed by atoms with van der Waals surface area (Å²) in [5, 5.41) is 1.39. The lowest BCUT2D eigenvalue weighted by Gasteiger charge is -2.19. The van der Waals surface area contributed by atoms with Crippen molar-refractivity contribution >= 4 is 28.5 Å². The number of benzene rings is 2. The minimum Gasteiger partial charge on any atom is -0.422 e. The number of fused-ring (bicyclic) bond motifs is 1. The molecule has 0 unspecified atom stereocenters. The van der Waals surface area contributed by atoms with Gasteiger partial charge in [-0.1, -0.05) is 36.4 Å². The Labute approximate surface area is 146 Å². The highest BCUT2D eigenvalue weighted by Crippen LogP contribution is 2.43. The van der Waals surface area contributed by atoms with Crippen LogP contribution in [0.3, 0.4) is 0 Å². The van der Waals surface area contributed by atoms with Crippen molar-refractivity contribution in [1.82, 2.24) is 0 Å². The highest BCUT2D eigenvalue weighted by atomic mass is 16.6. The Bertz CT molecular complexity index is 877. The van der Waals surface area contributed by atoms with E-state index in [2.05, 4.69) is 0 Å². The summed E-state index contributed by atoms with van der Waals surface area (Å²) < 4.78 is 10.6. The topological polar surface area (TPSA) is 69.7 Å². The molecule has 2 aromatic carbocycles. The van der Waals surface area contributed by atoms with E-state index in [0.717, 1.165) is 10.9 Å². The third-order valence-corrected chi connectivity index (χ3v) is 3.63. The molecule has 5 heteroatoms. The normalized spacial score (nSPS) is 10.9. The van der Waals surface area contributed by atoms with Gasteiger partial charge in [-0.05, 0) is 31.2 Å². The molecule has 0 N–H and O–H groups in total. The molecule has 5 nitrogen and oxygen atoms in total. The lowest BCUT2D eigenvalue weighted by molar-refractivity contribution is -0.134. The Morgan fingerprint density at radius 1 is 0.920 bits per heavy atom. The molecule has 0 radical (unpaired) electrons. The van der Waals surface area contributed by atoms with Gasteiger partial charge >= 0.3 is 11.9 Å². The lowest BCUT2D eigenvalue weighted by atomic mass is 9.92. The van der Waals surface area contributed by atoms with Crippen LogP contribution in [0.2, 0.25) is 0 Å². The number of ether oxygens (including phenoxy) is 2. The summed E-state index contributed by atoms with van der Waals surface area (Å²) in [4.78, 5) is 35.5. The summed E-state index contributed by atoms with van der Waals surface area (Å²) in [6.45, 7) is 5.78. The van der Waals surface area contributed by atoms with Crippen molar-refractivity contribution in [3.05, 3.63) is 47.5 Å². The van der Waals surface area contributed by atoms with E-state index < -0.39 is 11.9 Å². The van der Waals surface area contributed by atoms with E-state index >= 15 is 0 Å². The van der Waals surface area contributed by atoms with E-state index in [0.29, 0.717) is 11.8 Å². The molecule has 0 aliphatic rings. The monoisotopic (exact) mass is 340 g/mol. The van der Waals surface area contributed by atoms with Crippen LogP contribution in [-0.2, 0) is 16.0 Å². The van der Waals surface area contributed by atoms with Gasteiger partial charge in [-0.3, -0.25) is 14.4 Å². The summed E-state index contributed by atoms with van der Waals surface area (Å²) in [5.41, 5.74) is 0.983. The van der Waals surface area contributed by atoms with Gasteiger partial charge < -0.3 is 9.47 Å². The van der Waals surface area contributed by atoms with Crippen molar-refractivity contribution in [1.29, 1.82) is 0 Å². The van der Waals surface area contributed by atoms with Crippen molar-refractivity contribution in [3.63, 3.8) is 0 Å². The molecule has 0 fully saturated rings. The molecule has 0 aromatic heterocycles. The average Bonchev–Trinajstić information content (AvgIpc) is 2.54. The molecule has 0 amide bonds. The molecule has 0 saturated carbocycles. The quantitative estimate of drug-likeness (QED) is 0.356. The molecule has 0 bridgehead atoms. The number of carbonyl (C=O) groups excluding carboxylic acids is 3. The molecule has 2 aromatic rings. The Morgan fingerprint density at radius 2 is 1.48 bits per heavy atom. The highest BCUT2D eigenvalue weighted by molar-refractivity contribution is 6.08. The van der Waals surface area contributed by atoms with Gasteiger partial charge in [0, 0.05) is 19.2 Å². The van der Waals surface area contributed by atoms with Crippen molar-refractivity contribution in [3.8, 4) is 11.5 Å². The fraction of sp³-hybridized carbons (Fsp3) is 0.250. The van der Waals surface area contributed by atoms with Crippen molar-refractivity contribution in [2.24, 2.45) is 0 Å². The van der Waals surface area contributed by atoms with E-state index in [1.54, 1.807) is 12.1 Å². The number of hydrogen-bond acceptors (Lipinski definition) is 5. The zero-order valence-electron chi connectivity index (χ0n) is 14.7. The molecule has 0 aliphatic heterocycles. The van der Waals surface area contributed by atoms with Crippen LogP contribution in [0, 0.1) is 0 Å². The van der Waals surface area contributed by atoms with Crippen molar-refractivity contribution in [2.45, 2.75) is 34.1 Å². The van der Waals surface area contributed by atoms with Gasteiger partial charge in [0.05, 0.1) is 5.56 Å². The summed E-state index contributed by atoms with van der Waals surface area (Å²) in [7, 11) is 0. The van der Waals surface area contributed by atoms with Crippen LogP contribution in [0.25, 0.3) is 10.8 Å². The van der Waals surface area contributed by atoms with Gasteiger partial charge in [-0.15, -0.1) is 0 Å². The van der Waals surface area contributed by atoms with E-state index in [1.165, 1.54) is 20.8 Å². The molecule has 0 heterocycles. The maximum atomic E-state index is 12.4. The van der Waals surface area contributed by atoms with Gasteiger partial charge in [0.1, 0.15) is 0 Å². The lowest BCUT2D eigenvalue weighted by Crippen LogP contribution is -2.13. The summed E-state index contributed by atoms with van der Waals surface area (Å²) in [6.07, 6.45) is 4.28. The van der Waals surface area contributed by atoms with E-state index in [-0.39, 0.29) is 22.8 Å². The van der Waals surface area contributed by atoms with Gasteiger partial charge in [0.25, 0.3) is 0 Å². The third-order valence-electron chi connectivity index (χ3n) is 3.63. The maximum absolute atomic E-state index is 12.4. The van der Waals surface area contributed by atoms with Gasteiger partial charge in [0.2, 0.25) is 0 Å². The summed E-state index contributed by atoms with van der Waals surface area (Å²) >= 11 is 0. The fourth-order valence-corrected chi connectivity index (χ4v) is 2.76. The number of esters is 2. The van der Waals surface area contributed by atoms with Crippen LogP contribution in [0.1, 0.15) is 43.6 Å². The smallest absolute Gasteiger partial charge is 0.308 e. The first-order valence-electron chi connectivity index (χ1n) is 7.93. The Balaban J connectivity index is 2.98. The Kier molecular flexibility index (Phi) is 5.70. The first kappa shape index (κ1) is 18.4. The number of rotatable bonds is 5. The largest absolute Gasteiger partial charge is 0.422 e. The second kappa shape index (κ2) is 7.75. The molecular formula is C20H20O5. The van der Waals surface area contributed by atoms with Gasteiger partial charge in [-0.2, -0.15) is 0 Å². The van der Waals surface area contributed by atoms with E-state index in [1.807, 2.05) is 31.2 Å². The maximum Gasteiger partial charge on any atom is 0.308 e. The molecule has 2 rings (SSSR count). The highest BCUT2D eigenvalue weighted by Gasteiger charge is 2.25. The van der Waals surface area contributed by atoms with Crippen LogP contribution in [0.15, 0.2) is 36.4 Å². The molecular weight excluding hydrogens is 320 g/mol. The predicted octanol–water partition coefficient (Wildman–Crippen LogP) is 4.01. The van der Waals surface area contributed by atoms with Crippen LogP contribution in [-0.4, -0.2) is 17.7 Å². The fourth-order valence-electron chi connectivity index (χ4n) is 2.76. The SMILES string of the molecule is C/C=C/Cc1c(C(C)=O)c(OC(C)=O)c(OC(C)=O)c2ccccc12. The molecule has 0 aliphatic carbocycles. The molecule has 130 valence electrons. The predicted molar refractivity (Wildman–Crippen MR) is 95.1 cm³/mol. The second-order valence-electron chi connectivity index (χ2n) is 5.57.